The van der Waals surface area contributed by atoms with E-state index in [0.717, 1.165) is 0 Å². The molecule has 4 nitrogen and oxygen atoms in total. The van der Waals surface area contributed by atoms with Gasteiger partial charge in [-0.15, -0.1) is 0 Å². The van der Waals surface area contributed by atoms with Crippen LogP contribution in [0.2, 0.25) is 0 Å². The van der Waals surface area contributed by atoms with Crippen LogP contribution in [0.1, 0.15) is 6.92 Å². The largest absolute Gasteiger partial charge is 0.416 e. The molecule has 1 aliphatic rings. The molecule has 0 aromatic carbocycles. The molecule has 0 spiro atoms. The van der Waals surface area contributed by atoms with Gasteiger partial charge in [-0.2, -0.15) is 13.2 Å². The zero-order chi connectivity index (χ0) is 10.8. The first-order chi connectivity index (χ1) is 6.39. The maximum absolute atomic E-state index is 11.8. The van der Waals surface area contributed by atoms with Gasteiger partial charge in [-0.05, 0) is 6.92 Å². The van der Waals surface area contributed by atoms with Crippen LogP contribution in [0.25, 0.3) is 0 Å². The molecule has 2 atom stereocenters. The van der Waals surface area contributed by atoms with E-state index in [1.54, 1.807) is 0 Å². The molecule has 1 rings (SSSR count). The second kappa shape index (κ2) is 4.04. The van der Waals surface area contributed by atoms with Crippen molar-refractivity contribution in [1.29, 1.82) is 0 Å². The minimum absolute atomic E-state index is 0.125. The van der Waals surface area contributed by atoms with E-state index in [-0.39, 0.29) is 6.04 Å². The van der Waals surface area contributed by atoms with Gasteiger partial charge in [0.2, 0.25) is 0 Å². The lowest BCUT2D eigenvalue weighted by Crippen LogP contribution is -2.45. The summed E-state index contributed by atoms with van der Waals surface area (Å²) in [6.45, 7) is 1.81. The van der Waals surface area contributed by atoms with Crippen LogP contribution in [0, 0.1) is 0 Å². The van der Waals surface area contributed by atoms with Crippen LogP contribution in [0.4, 0.5) is 13.2 Å². The number of nitrogens with zero attached hydrogens (tertiary/aromatic N) is 1. The highest BCUT2D eigenvalue weighted by Gasteiger charge is 2.38. The van der Waals surface area contributed by atoms with Crippen molar-refractivity contribution in [3.63, 3.8) is 0 Å². The van der Waals surface area contributed by atoms with Gasteiger partial charge in [0, 0.05) is 6.04 Å². The van der Waals surface area contributed by atoms with E-state index in [2.05, 4.69) is 15.6 Å². The van der Waals surface area contributed by atoms with Gasteiger partial charge in [0.25, 0.3) is 0 Å². The number of nitrogens with one attached hydrogen (secondary N) is 2. The maximum atomic E-state index is 11.8. The van der Waals surface area contributed by atoms with Gasteiger partial charge < -0.3 is 15.7 Å². The third-order valence-electron chi connectivity index (χ3n) is 1.75. The second-order valence-electron chi connectivity index (χ2n) is 3.17. The first-order valence-electron chi connectivity index (χ1n) is 4.19. The number of hydrogen-bond acceptors (Lipinski definition) is 4. The monoisotopic (exact) mass is 211 g/mol. The number of aliphatic hydroxyl groups excluding tert-OH is 1. The molecule has 3 N–H and O–H groups in total. The number of aliphatic hydroxyl groups is 1. The summed E-state index contributed by atoms with van der Waals surface area (Å²) in [5, 5.41) is 13.8. The van der Waals surface area contributed by atoms with E-state index in [1.807, 2.05) is 6.92 Å². The molecule has 0 fully saturated rings. The molecule has 82 valence electrons. The van der Waals surface area contributed by atoms with Crippen LogP contribution in [-0.2, 0) is 0 Å². The van der Waals surface area contributed by atoms with Crippen molar-refractivity contribution in [3.8, 4) is 0 Å². The average molecular weight is 211 g/mol. The summed E-state index contributed by atoms with van der Waals surface area (Å²) in [5.41, 5.74) is 0. The Morgan fingerprint density at radius 3 is 2.79 bits per heavy atom. The van der Waals surface area contributed by atoms with Crippen molar-refractivity contribution in [2.75, 3.05) is 13.1 Å². The third-order valence-corrected chi connectivity index (χ3v) is 1.75. The molecule has 0 radical (unpaired) electrons. The molecular weight excluding hydrogens is 199 g/mol. The lowest BCUT2D eigenvalue weighted by molar-refractivity contribution is -0.201. The number of halogens is 3. The van der Waals surface area contributed by atoms with E-state index >= 15 is 0 Å². The summed E-state index contributed by atoms with van der Waals surface area (Å²) in [4.78, 5) is 3.89. The lowest BCUT2D eigenvalue weighted by Gasteiger charge is -2.16. The van der Waals surface area contributed by atoms with Crippen LogP contribution >= 0.6 is 0 Å². The van der Waals surface area contributed by atoms with E-state index < -0.39 is 18.8 Å². The predicted octanol–water partition coefficient (Wildman–Crippen LogP) is -0.153. The normalized spacial score (nSPS) is 24.1. The van der Waals surface area contributed by atoms with E-state index in [1.165, 1.54) is 0 Å². The van der Waals surface area contributed by atoms with Gasteiger partial charge in [0.05, 0.1) is 13.1 Å². The summed E-state index contributed by atoms with van der Waals surface area (Å²) in [6.07, 6.45) is -6.94. The Balaban J connectivity index is 2.28. The minimum atomic E-state index is -4.59. The Hall–Kier alpha value is -0.980. The Morgan fingerprint density at radius 2 is 2.36 bits per heavy atom. The molecule has 1 heterocycles. The number of hydrogen-bond donors (Lipinski definition) is 3. The Kier molecular flexibility index (Phi) is 3.20. The van der Waals surface area contributed by atoms with E-state index in [0.29, 0.717) is 12.5 Å². The van der Waals surface area contributed by atoms with Crippen LogP contribution in [0.3, 0.4) is 0 Å². The van der Waals surface area contributed by atoms with E-state index in [4.69, 9.17) is 5.11 Å². The molecule has 0 aliphatic carbocycles. The summed E-state index contributed by atoms with van der Waals surface area (Å²) < 4.78 is 35.5. The molecule has 0 aromatic rings. The maximum Gasteiger partial charge on any atom is 0.416 e. The highest BCUT2D eigenvalue weighted by Crippen LogP contribution is 2.19. The number of aliphatic imine (C=N–C) groups is 1. The van der Waals surface area contributed by atoms with Crippen molar-refractivity contribution in [2.24, 2.45) is 4.99 Å². The van der Waals surface area contributed by atoms with Crippen molar-refractivity contribution >= 4 is 5.96 Å². The molecule has 0 aromatic heterocycles. The van der Waals surface area contributed by atoms with Gasteiger partial charge >= 0.3 is 6.18 Å². The fraction of sp³-hybridized carbons (Fsp3) is 0.857. The van der Waals surface area contributed by atoms with Crippen LogP contribution < -0.4 is 10.6 Å². The molecule has 0 saturated carbocycles. The van der Waals surface area contributed by atoms with Crippen LogP contribution in [0.5, 0.6) is 0 Å². The molecule has 2 unspecified atom stereocenters. The molecule has 0 bridgehead atoms. The molecule has 7 heteroatoms. The molecule has 0 saturated heterocycles. The molecule has 14 heavy (non-hydrogen) atoms. The van der Waals surface area contributed by atoms with Gasteiger partial charge in [-0.3, -0.25) is 4.99 Å². The van der Waals surface area contributed by atoms with Crippen molar-refractivity contribution in [3.05, 3.63) is 0 Å². The number of rotatable bonds is 2. The Bertz CT molecular complexity index is 229. The van der Waals surface area contributed by atoms with Crippen molar-refractivity contribution in [1.82, 2.24) is 10.6 Å². The first-order valence-corrected chi connectivity index (χ1v) is 4.19. The SMILES string of the molecule is CC1CN=C(NCC(O)C(F)(F)F)N1. The summed E-state index contributed by atoms with van der Waals surface area (Å²) in [7, 11) is 0. The first kappa shape index (κ1) is 11.1. The predicted molar refractivity (Wildman–Crippen MR) is 45.0 cm³/mol. The lowest BCUT2D eigenvalue weighted by atomic mass is 10.3. The summed E-state index contributed by atoms with van der Waals surface area (Å²) in [6, 6.07) is 0.125. The highest BCUT2D eigenvalue weighted by atomic mass is 19.4. The van der Waals surface area contributed by atoms with Crippen LogP contribution in [0.15, 0.2) is 4.99 Å². The van der Waals surface area contributed by atoms with Gasteiger partial charge in [0.1, 0.15) is 0 Å². The molecular formula is C7H12F3N3O. The quantitative estimate of drug-likeness (QED) is 0.595. The van der Waals surface area contributed by atoms with Gasteiger partial charge in [0.15, 0.2) is 12.1 Å². The van der Waals surface area contributed by atoms with E-state index in [9.17, 15) is 13.2 Å². The number of alkyl halides is 3. The van der Waals surface area contributed by atoms with Crippen molar-refractivity contribution < 1.29 is 18.3 Å². The molecule has 0 amide bonds. The smallest absolute Gasteiger partial charge is 0.382 e. The number of guanidine groups is 1. The fourth-order valence-corrected chi connectivity index (χ4v) is 0.969. The summed E-state index contributed by atoms with van der Waals surface area (Å²) >= 11 is 0. The zero-order valence-electron chi connectivity index (χ0n) is 7.60. The standard InChI is InChI=1S/C7H12F3N3O/c1-4-2-11-6(13-4)12-3-5(14)7(8,9)10/h4-5,14H,2-3H2,1H3,(H2,11,12,13). The van der Waals surface area contributed by atoms with Crippen molar-refractivity contribution in [2.45, 2.75) is 25.2 Å². The Labute approximate surface area is 79.2 Å². The second-order valence-corrected chi connectivity index (χ2v) is 3.17. The summed E-state index contributed by atoms with van der Waals surface area (Å²) in [5.74, 6) is 0.306. The molecule has 1 aliphatic heterocycles. The topological polar surface area (TPSA) is 56.7 Å². The van der Waals surface area contributed by atoms with Gasteiger partial charge in [-0.25, -0.2) is 0 Å². The third kappa shape index (κ3) is 3.06. The van der Waals surface area contributed by atoms with Gasteiger partial charge in [-0.1, -0.05) is 0 Å². The minimum Gasteiger partial charge on any atom is -0.382 e. The zero-order valence-corrected chi connectivity index (χ0v) is 7.60. The Morgan fingerprint density at radius 1 is 1.71 bits per heavy atom. The fourth-order valence-electron chi connectivity index (χ4n) is 0.969. The average Bonchev–Trinajstić information content (AvgIpc) is 2.45. The highest BCUT2D eigenvalue weighted by molar-refractivity contribution is 5.81. The van der Waals surface area contributed by atoms with Crippen LogP contribution in [-0.4, -0.2) is 42.5 Å².